The Labute approximate surface area is 326 Å². The minimum absolute atomic E-state index is 0.0175. The lowest BCUT2D eigenvalue weighted by molar-refractivity contribution is -0.870. The van der Waals surface area contributed by atoms with Gasteiger partial charge in [-0.1, -0.05) is 120 Å². The van der Waals surface area contributed by atoms with Crippen LogP contribution in [0.3, 0.4) is 0 Å². The second-order valence-electron chi connectivity index (χ2n) is 15.0. The van der Waals surface area contributed by atoms with Crippen molar-refractivity contribution in [1.29, 1.82) is 0 Å². The monoisotopic (exact) mass is 766 g/mol. The van der Waals surface area contributed by atoms with Gasteiger partial charge in [-0.2, -0.15) is 0 Å². The van der Waals surface area contributed by atoms with Gasteiger partial charge in [-0.3, -0.25) is 9.36 Å². The van der Waals surface area contributed by atoms with Gasteiger partial charge in [-0.05, 0) is 89.5 Å². The summed E-state index contributed by atoms with van der Waals surface area (Å²) in [5.74, 6) is -0.333. The number of likely N-dealkylation sites (N-methyl/N-ethyl adjacent to an activating group) is 1. The smallest absolute Gasteiger partial charge is 0.305 e. The lowest BCUT2D eigenvalue weighted by Gasteiger charge is -2.28. The molecule has 0 spiro atoms. The number of hydrogen-bond donors (Lipinski definition) is 0. The van der Waals surface area contributed by atoms with Crippen LogP contribution in [-0.4, -0.2) is 64.1 Å². The van der Waals surface area contributed by atoms with Gasteiger partial charge in [0.1, 0.15) is 19.8 Å². The Kier molecular flexibility index (Phi) is 35.6. The van der Waals surface area contributed by atoms with E-state index in [2.05, 4.69) is 62.5 Å². The number of esters is 1. The molecular weight excluding hydrogens is 685 g/mol. The highest BCUT2D eigenvalue weighted by Crippen LogP contribution is 2.38. The zero-order chi connectivity index (χ0) is 39.1. The molecule has 0 N–H and O–H groups in total. The predicted molar refractivity (Wildman–Crippen MR) is 221 cm³/mol. The van der Waals surface area contributed by atoms with Gasteiger partial charge in [0.2, 0.25) is 0 Å². The third kappa shape index (κ3) is 41.1. The van der Waals surface area contributed by atoms with E-state index in [4.69, 9.17) is 18.5 Å². The number of nitrogens with zero attached hydrogens (tertiary/aromatic N) is 1. The second-order valence-corrected chi connectivity index (χ2v) is 16.5. The van der Waals surface area contributed by atoms with E-state index in [-0.39, 0.29) is 25.8 Å². The van der Waals surface area contributed by atoms with Crippen molar-refractivity contribution in [3.8, 4) is 0 Å². The van der Waals surface area contributed by atoms with E-state index < -0.39 is 13.9 Å². The molecule has 0 heterocycles. The fraction of sp³-hybridized carbons (Fsp3) is 0.750. The molecule has 0 aliphatic carbocycles. The second kappa shape index (κ2) is 37.0. The molecular formula is C44H80NO7P. The summed E-state index contributed by atoms with van der Waals surface area (Å²) < 4.78 is 34.3. The molecule has 0 aliphatic rings. The topological polar surface area (TPSA) is 94.1 Å². The van der Waals surface area contributed by atoms with Crippen molar-refractivity contribution in [2.24, 2.45) is 0 Å². The van der Waals surface area contributed by atoms with Crippen molar-refractivity contribution in [3.63, 3.8) is 0 Å². The van der Waals surface area contributed by atoms with Gasteiger partial charge in [0.25, 0.3) is 7.82 Å². The predicted octanol–water partition coefficient (Wildman–Crippen LogP) is 11.9. The van der Waals surface area contributed by atoms with Crippen molar-refractivity contribution in [2.75, 3.05) is 47.5 Å². The summed E-state index contributed by atoms with van der Waals surface area (Å²) in [5.41, 5.74) is 0. The number of phosphoric ester groups is 1. The van der Waals surface area contributed by atoms with Crippen molar-refractivity contribution >= 4 is 13.8 Å². The van der Waals surface area contributed by atoms with Crippen molar-refractivity contribution in [3.05, 3.63) is 60.9 Å². The van der Waals surface area contributed by atoms with Gasteiger partial charge < -0.3 is 27.9 Å². The van der Waals surface area contributed by atoms with Gasteiger partial charge in [0, 0.05) is 6.42 Å². The largest absolute Gasteiger partial charge is 0.756 e. The van der Waals surface area contributed by atoms with E-state index in [0.717, 1.165) is 51.4 Å². The third-order valence-corrected chi connectivity index (χ3v) is 9.59. The van der Waals surface area contributed by atoms with Gasteiger partial charge in [-0.15, -0.1) is 0 Å². The number of rotatable bonds is 38. The van der Waals surface area contributed by atoms with Crippen LogP contribution >= 0.6 is 7.82 Å². The summed E-state index contributed by atoms with van der Waals surface area (Å²) in [5, 5.41) is 0. The summed E-state index contributed by atoms with van der Waals surface area (Å²) in [7, 11) is 1.33. The van der Waals surface area contributed by atoms with Crippen molar-refractivity contribution < 1.29 is 37.3 Å². The molecule has 0 amide bonds. The van der Waals surface area contributed by atoms with E-state index in [0.29, 0.717) is 17.4 Å². The molecule has 8 nitrogen and oxygen atoms in total. The Hall–Kier alpha value is -1.96. The van der Waals surface area contributed by atoms with Crippen molar-refractivity contribution in [1.82, 2.24) is 0 Å². The molecule has 308 valence electrons. The van der Waals surface area contributed by atoms with Gasteiger partial charge >= 0.3 is 5.97 Å². The molecule has 53 heavy (non-hydrogen) atoms. The number of phosphoric acid groups is 1. The number of unbranched alkanes of at least 4 members (excludes halogenated alkanes) is 16. The first kappa shape index (κ1) is 51.0. The van der Waals surface area contributed by atoms with Crippen LogP contribution in [0.25, 0.3) is 0 Å². The quantitative estimate of drug-likeness (QED) is 0.0154. The van der Waals surface area contributed by atoms with Gasteiger partial charge in [0.05, 0.1) is 34.0 Å². The first-order chi connectivity index (χ1) is 25.6. The molecule has 9 heteroatoms. The number of carbonyl (C=O) groups excluding carboxylic acids is 1. The first-order valence-corrected chi connectivity index (χ1v) is 22.5. The molecule has 2 atom stereocenters. The van der Waals surface area contributed by atoms with E-state index >= 15 is 0 Å². The average molecular weight is 766 g/mol. The number of ether oxygens (including phenoxy) is 2. The van der Waals surface area contributed by atoms with Crippen LogP contribution in [-0.2, 0) is 27.9 Å². The van der Waals surface area contributed by atoms with Crippen LogP contribution in [0.2, 0.25) is 0 Å². The zero-order valence-corrected chi connectivity index (χ0v) is 35.6. The fourth-order valence-corrected chi connectivity index (χ4v) is 5.96. The first-order valence-electron chi connectivity index (χ1n) is 21.1. The van der Waals surface area contributed by atoms with E-state index in [1.165, 1.54) is 89.9 Å². The van der Waals surface area contributed by atoms with Crippen LogP contribution in [0.15, 0.2) is 60.9 Å². The Balaban J connectivity index is 4.40. The number of quaternary nitrogens is 1. The highest BCUT2D eigenvalue weighted by Gasteiger charge is 2.19. The maximum absolute atomic E-state index is 12.4. The van der Waals surface area contributed by atoms with E-state index in [1.54, 1.807) is 6.26 Å². The Bertz CT molecular complexity index is 1030. The Morgan fingerprint density at radius 1 is 0.604 bits per heavy atom. The molecule has 0 radical (unpaired) electrons. The van der Waals surface area contributed by atoms with Crippen molar-refractivity contribution in [2.45, 2.75) is 168 Å². The standard InChI is InChI=1S/C44H80NO7P/c1-6-8-10-12-14-16-18-20-22-24-26-28-30-32-34-36-39-49-43(42-52-53(47,48)51-40-38-45(3,4)5)41-50-44(46)37-35-33-31-29-27-25-23-21-19-17-15-13-11-9-7-2/h15-18,21,23,27,29,36,39,43H,6-14,19-20,22,24-26,28,30-35,37-38,40-42H2,1-5H3/b17-15-,18-16-,23-21-,29-27-,39-36-. The summed E-state index contributed by atoms with van der Waals surface area (Å²) >= 11 is 0. The molecule has 0 aliphatic heterocycles. The highest BCUT2D eigenvalue weighted by molar-refractivity contribution is 7.45. The minimum Gasteiger partial charge on any atom is -0.756 e. The highest BCUT2D eigenvalue weighted by atomic mass is 31.2. The van der Waals surface area contributed by atoms with Crippen LogP contribution in [0.5, 0.6) is 0 Å². The zero-order valence-electron chi connectivity index (χ0n) is 34.7. The minimum atomic E-state index is -4.53. The van der Waals surface area contributed by atoms with Crippen LogP contribution in [0.1, 0.15) is 162 Å². The average Bonchev–Trinajstić information content (AvgIpc) is 3.11. The molecule has 0 fully saturated rings. The summed E-state index contributed by atoms with van der Waals surface area (Å²) in [4.78, 5) is 24.8. The molecule has 0 aromatic heterocycles. The molecule has 0 saturated heterocycles. The lowest BCUT2D eigenvalue weighted by atomic mass is 10.1. The molecule has 2 unspecified atom stereocenters. The van der Waals surface area contributed by atoms with Gasteiger partial charge in [-0.25, -0.2) is 0 Å². The Morgan fingerprint density at radius 2 is 1.06 bits per heavy atom. The SMILES string of the molecule is CCCCC/C=C\C/C=C\C/C=C\CCCCC(=O)OCC(COP(=O)([O-])OCC[N+](C)(C)C)O/C=C\CCCCCCCC/C=C\CCCCCC. The summed E-state index contributed by atoms with van der Waals surface area (Å²) in [6, 6.07) is 0. The fourth-order valence-electron chi connectivity index (χ4n) is 5.24. The van der Waals surface area contributed by atoms with Crippen LogP contribution in [0, 0.1) is 0 Å². The Morgan fingerprint density at radius 3 is 1.62 bits per heavy atom. The normalized spacial score (nSPS) is 14.4. The van der Waals surface area contributed by atoms with Crippen LogP contribution in [0.4, 0.5) is 0 Å². The molecule has 0 saturated carbocycles. The number of hydrogen-bond acceptors (Lipinski definition) is 7. The maximum atomic E-state index is 12.4. The molecule has 0 aromatic rings. The van der Waals surface area contributed by atoms with E-state index in [1.807, 2.05) is 27.2 Å². The molecule has 0 aromatic carbocycles. The van der Waals surface area contributed by atoms with Gasteiger partial charge in [0.15, 0.2) is 6.10 Å². The number of carbonyl (C=O) groups is 1. The number of allylic oxidation sites excluding steroid dienone is 9. The molecule has 0 rings (SSSR count). The van der Waals surface area contributed by atoms with E-state index in [9.17, 15) is 14.3 Å². The van der Waals surface area contributed by atoms with Crippen LogP contribution < -0.4 is 4.89 Å². The summed E-state index contributed by atoms with van der Waals surface area (Å²) in [6.07, 6.45) is 46.2. The molecule has 0 bridgehead atoms. The maximum Gasteiger partial charge on any atom is 0.305 e. The summed E-state index contributed by atoms with van der Waals surface area (Å²) in [6.45, 7) is 4.60. The third-order valence-electron chi connectivity index (χ3n) is 8.63. The lowest BCUT2D eigenvalue weighted by Crippen LogP contribution is -2.37.